The van der Waals surface area contributed by atoms with Gasteiger partial charge in [0.05, 0.1) is 19.5 Å². The lowest BCUT2D eigenvalue weighted by molar-refractivity contribution is 0.0889. The van der Waals surface area contributed by atoms with E-state index in [0.717, 1.165) is 36.6 Å². The fourth-order valence-electron chi connectivity index (χ4n) is 3.45. The minimum Gasteiger partial charge on any atom is -0.480 e. The van der Waals surface area contributed by atoms with E-state index in [4.69, 9.17) is 9.47 Å². The average molecular weight is 366 g/mol. The number of hydrogen-bond acceptors (Lipinski definition) is 5. The first-order valence-electron chi connectivity index (χ1n) is 9.12. The van der Waals surface area contributed by atoms with E-state index in [0.29, 0.717) is 17.3 Å². The van der Waals surface area contributed by atoms with Crippen LogP contribution in [-0.4, -0.2) is 40.1 Å². The van der Waals surface area contributed by atoms with Gasteiger partial charge in [-0.1, -0.05) is 0 Å². The van der Waals surface area contributed by atoms with E-state index in [2.05, 4.69) is 20.3 Å². The Labute approximate surface area is 157 Å². The van der Waals surface area contributed by atoms with Crippen LogP contribution in [-0.2, 0) is 0 Å². The number of fused-ring (bicyclic) bond motifs is 1. The van der Waals surface area contributed by atoms with Crippen molar-refractivity contribution in [3.05, 3.63) is 48.4 Å². The lowest BCUT2D eigenvalue weighted by Crippen LogP contribution is -2.39. The Morgan fingerprint density at radius 2 is 1.96 bits per heavy atom. The van der Waals surface area contributed by atoms with E-state index in [9.17, 15) is 4.79 Å². The van der Waals surface area contributed by atoms with Crippen LogP contribution in [0.4, 0.5) is 0 Å². The lowest BCUT2D eigenvalue weighted by atomic mass is 9.92. The van der Waals surface area contributed by atoms with Gasteiger partial charge in [0, 0.05) is 28.7 Å². The molecule has 1 aliphatic rings. The van der Waals surface area contributed by atoms with E-state index in [1.54, 1.807) is 19.5 Å². The van der Waals surface area contributed by atoms with Crippen molar-refractivity contribution in [2.24, 2.45) is 0 Å². The predicted molar refractivity (Wildman–Crippen MR) is 101 cm³/mol. The molecule has 2 heterocycles. The number of amides is 1. The summed E-state index contributed by atoms with van der Waals surface area (Å²) in [7, 11) is 1.55. The molecule has 2 N–H and O–H groups in total. The van der Waals surface area contributed by atoms with E-state index in [1.165, 1.54) is 0 Å². The molecule has 0 atom stereocenters. The molecule has 0 aliphatic heterocycles. The molecule has 7 nitrogen and oxygen atoms in total. The van der Waals surface area contributed by atoms with E-state index in [1.807, 2.05) is 30.5 Å². The molecular formula is C20H22N4O3. The molecule has 0 spiro atoms. The molecule has 1 fully saturated rings. The van der Waals surface area contributed by atoms with E-state index in [-0.39, 0.29) is 18.1 Å². The zero-order valence-electron chi connectivity index (χ0n) is 15.1. The Bertz CT molecular complexity index is 932. The number of aromatic amines is 1. The predicted octanol–water partition coefficient (Wildman–Crippen LogP) is 3.09. The monoisotopic (exact) mass is 366 g/mol. The molecule has 0 bridgehead atoms. The van der Waals surface area contributed by atoms with Crippen LogP contribution >= 0.6 is 0 Å². The number of benzene rings is 1. The van der Waals surface area contributed by atoms with Crippen molar-refractivity contribution >= 4 is 16.8 Å². The van der Waals surface area contributed by atoms with Crippen molar-refractivity contribution < 1.29 is 14.3 Å². The van der Waals surface area contributed by atoms with Crippen molar-refractivity contribution in [2.45, 2.75) is 37.8 Å². The van der Waals surface area contributed by atoms with Gasteiger partial charge in [-0.15, -0.1) is 0 Å². The minimum atomic E-state index is -0.0267. The molecule has 1 aliphatic carbocycles. The summed E-state index contributed by atoms with van der Waals surface area (Å²) in [6.07, 6.45) is 8.57. The molecule has 27 heavy (non-hydrogen) atoms. The maximum atomic E-state index is 12.5. The molecule has 7 heteroatoms. The maximum absolute atomic E-state index is 12.5. The molecule has 0 saturated heterocycles. The summed E-state index contributed by atoms with van der Waals surface area (Å²) in [6.45, 7) is 0. The van der Waals surface area contributed by atoms with Gasteiger partial charge in [-0.3, -0.25) is 9.78 Å². The van der Waals surface area contributed by atoms with Crippen LogP contribution in [0.1, 0.15) is 36.0 Å². The minimum absolute atomic E-state index is 0.0267. The fraction of sp³-hybridized carbons (Fsp3) is 0.350. The molecule has 1 saturated carbocycles. The first kappa shape index (κ1) is 17.3. The van der Waals surface area contributed by atoms with Crippen molar-refractivity contribution in [3.63, 3.8) is 0 Å². The highest BCUT2D eigenvalue weighted by molar-refractivity contribution is 5.98. The van der Waals surface area contributed by atoms with E-state index < -0.39 is 0 Å². The van der Waals surface area contributed by atoms with Crippen LogP contribution in [0.5, 0.6) is 11.8 Å². The highest BCUT2D eigenvalue weighted by Crippen LogP contribution is 2.24. The molecule has 1 aromatic carbocycles. The molecule has 140 valence electrons. The molecule has 4 rings (SSSR count). The second-order valence-corrected chi connectivity index (χ2v) is 6.74. The number of nitrogens with zero attached hydrogens (tertiary/aromatic N) is 2. The van der Waals surface area contributed by atoms with Gasteiger partial charge in [0.15, 0.2) is 0 Å². The molecule has 3 aromatic rings. The standard InChI is InChI=1S/C20H22N4O3/c1-26-18-11-21-12-19(24-18)27-16-5-3-15(4-6-16)23-20(25)14-2-7-17-13(10-14)8-9-22-17/h2,7-12,15-16,22H,3-6H2,1H3,(H,23,25). The third-order valence-corrected chi connectivity index (χ3v) is 4.91. The van der Waals surface area contributed by atoms with Crippen LogP contribution in [0.3, 0.4) is 0 Å². The number of carbonyl (C=O) groups is 1. The average Bonchev–Trinajstić information content (AvgIpc) is 3.17. The van der Waals surface area contributed by atoms with Gasteiger partial charge in [-0.05, 0) is 49.9 Å². The van der Waals surface area contributed by atoms with Crippen molar-refractivity contribution in [3.8, 4) is 11.8 Å². The summed E-state index contributed by atoms with van der Waals surface area (Å²) in [5.41, 5.74) is 1.72. The number of rotatable bonds is 5. The van der Waals surface area contributed by atoms with E-state index >= 15 is 0 Å². The Hall–Kier alpha value is -3.09. The second-order valence-electron chi connectivity index (χ2n) is 6.74. The lowest BCUT2D eigenvalue weighted by Gasteiger charge is -2.29. The summed E-state index contributed by atoms with van der Waals surface area (Å²) in [6, 6.07) is 7.83. The number of nitrogens with one attached hydrogen (secondary N) is 2. The summed E-state index contributed by atoms with van der Waals surface area (Å²) in [5.74, 6) is 0.885. The molecule has 2 aromatic heterocycles. The second kappa shape index (κ2) is 7.65. The number of aromatic nitrogens is 3. The largest absolute Gasteiger partial charge is 0.480 e. The summed E-state index contributed by atoms with van der Waals surface area (Å²) >= 11 is 0. The molecule has 1 amide bonds. The third-order valence-electron chi connectivity index (χ3n) is 4.91. The number of ether oxygens (including phenoxy) is 2. The zero-order valence-corrected chi connectivity index (χ0v) is 15.1. The molecule has 0 unspecified atom stereocenters. The fourth-order valence-corrected chi connectivity index (χ4v) is 3.45. The maximum Gasteiger partial charge on any atom is 0.251 e. The van der Waals surface area contributed by atoms with Crippen LogP contribution in [0.2, 0.25) is 0 Å². The Kier molecular flexibility index (Phi) is 4.91. The van der Waals surface area contributed by atoms with Crippen LogP contribution < -0.4 is 14.8 Å². The first-order chi connectivity index (χ1) is 13.2. The smallest absolute Gasteiger partial charge is 0.251 e. The summed E-state index contributed by atoms with van der Waals surface area (Å²) in [4.78, 5) is 24.0. The molecular weight excluding hydrogens is 344 g/mol. The Morgan fingerprint density at radius 1 is 1.15 bits per heavy atom. The van der Waals surface area contributed by atoms with Crippen molar-refractivity contribution in [2.75, 3.05) is 7.11 Å². The van der Waals surface area contributed by atoms with Crippen LogP contribution in [0.15, 0.2) is 42.9 Å². The SMILES string of the molecule is COc1cncc(OC2CCC(NC(=O)c3ccc4[nH]ccc4c3)CC2)n1. The number of methoxy groups -OCH3 is 1. The Morgan fingerprint density at radius 3 is 2.78 bits per heavy atom. The summed E-state index contributed by atoms with van der Waals surface area (Å²) in [5, 5.41) is 4.18. The van der Waals surface area contributed by atoms with Gasteiger partial charge in [0.2, 0.25) is 11.8 Å². The number of carbonyl (C=O) groups excluding carboxylic acids is 1. The van der Waals surface area contributed by atoms with Gasteiger partial charge >= 0.3 is 0 Å². The normalized spacial score (nSPS) is 19.6. The van der Waals surface area contributed by atoms with Crippen LogP contribution in [0.25, 0.3) is 10.9 Å². The molecule has 0 radical (unpaired) electrons. The zero-order chi connectivity index (χ0) is 18.6. The number of H-pyrrole nitrogens is 1. The highest BCUT2D eigenvalue weighted by Gasteiger charge is 2.24. The van der Waals surface area contributed by atoms with Crippen molar-refractivity contribution in [1.29, 1.82) is 0 Å². The third kappa shape index (κ3) is 4.02. The first-order valence-corrected chi connectivity index (χ1v) is 9.12. The van der Waals surface area contributed by atoms with Gasteiger partial charge in [0.1, 0.15) is 6.10 Å². The quantitative estimate of drug-likeness (QED) is 0.724. The van der Waals surface area contributed by atoms with Gasteiger partial charge in [-0.25, -0.2) is 0 Å². The Balaban J connectivity index is 1.30. The van der Waals surface area contributed by atoms with Gasteiger partial charge < -0.3 is 19.8 Å². The number of hydrogen-bond donors (Lipinski definition) is 2. The topological polar surface area (TPSA) is 89.1 Å². The van der Waals surface area contributed by atoms with Gasteiger partial charge in [-0.2, -0.15) is 4.98 Å². The summed E-state index contributed by atoms with van der Waals surface area (Å²) < 4.78 is 11.0. The van der Waals surface area contributed by atoms with Crippen LogP contribution in [0, 0.1) is 0 Å². The highest BCUT2D eigenvalue weighted by atomic mass is 16.5. The van der Waals surface area contributed by atoms with Gasteiger partial charge in [0.25, 0.3) is 5.91 Å². The van der Waals surface area contributed by atoms with Crippen molar-refractivity contribution in [1.82, 2.24) is 20.3 Å².